The summed E-state index contributed by atoms with van der Waals surface area (Å²) in [5, 5.41) is 12.4. The number of carbonyl (C=O) groups excluding carboxylic acids is 1. The third kappa shape index (κ3) is 2.48. The molecule has 2 aliphatic rings. The Bertz CT molecular complexity index is 530. The number of nitrogens with zero attached hydrogens (tertiary/aromatic N) is 3. The highest BCUT2D eigenvalue weighted by Gasteiger charge is 2.55. The van der Waals surface area contributed by atoms with Crippen LogP contribution >= 0.6 is 0 Å². The lowest BCUT2D eigenvalue weighted by molar-refractivity contribution is -0.149. The molecule has 21 heavy (non-hydrogen) atoms. The number of rotatable bonds is 4. The summed E-state index contributed by atoms with van der Waals surface area (Å²) in [6.07, 6.45) is 7.78. The topological polar surface area (TPSA) is 87.5 Å². The number of carbonyl (C=O) groups is 2. The number of carboxylic acids is 1. The van der Waals surface area contributed by atoms with E-state index in [4.69, 9.17) is 0 Å². The summed E-state index contributed by atoms with van der Waals surface area (Å²) in [6.45, 7) is 2.07. The summed E-state index contributed by atoms with van der Waals surface area (Å²) in [4.78, 5) is 29.3. The number of fused-ring (bicyclic) bond motifs is 1. The van der Waals surface area contributed by atoms with Crippen LogP contribution in [-0.4, -0.2) is 51.2 Å². The van der Waals surface area contributed by atoms with Gasteiger partial charge in [-0.25, -0.2) is 9.78 Å². The first-order chi connectivity index (χ1) is 10.1. The van der Waals surface area contributed by atoms with E-state index in [1.165, 1.54) is 0 Å². The zero-order chi connectivity index (χ0) is 14.9. The van der Waals surface area contributed by atoms with Gasteiger partial charge in [0.1, 0.15) is 0 Å². The summed E-state index contributed by atoms with van der Waals surface area (Å²) in [5.41, 5.74) is -0.707. The van der Waals surface area contributed by atoms with Crippen molar-refractivity contribution in [2.45, 2.75) is 25.8 Å². The zero-order valence-corrected chi connectivity index (χ0v) is 11.9. The number of aliphatic carboxylic acids is 1. The number of amides is 2. The third-order valence-corrected chi connectivity index (χ3v) is 4.79. The number of likely N-dealkylation sites (tertiary alicyclic amines) is 1. The minimum absolute atomic E-state index is 0.106. The molecule has 0 aromatic carbocycles. The van der Waals surface area contributed by atoms with E-state index in [-0.39, 0.29) is 11.9 Å². The lowest BCUT2D eigenvalue weighted by atomic mass is 9.81. The molecule has 1 aliphatic carbocycles. The molecule has 0 radical (unpaired) electrons. The summed E-state index contributed by atoms with van der Waals surface area (Å²) in [5.74, 6) is -0.645. The number of imidazole rings is 1. The van der Waals surface area contributed by atoms with E-state index in [2.05, 4.69) is 10.3 Å². The van der Waals surface area contributed by atoms with Gasteiger partial charge in [0.2, 0.25) is 0 Å². The molecule has 7 nitrogen and oxygen atoms in total. The number of aromatic nitrogens is 2. The van der Waals surface area contributed by atoms with Crippen molar-refractivity contribution in [3.05, 3.63) is 18.7 Å². The van der Waals surface area contributed by atoms with Gasteiger partial charge >= 0.3 is 12.0 Å². The Morgan fingerprint density at radius 3 is 3.00 bits per heavy atom. The Labute approximate surface area is 122 Å². The van der Waals surface area contributed by atoms with Crippen molar-refractivity contribution in [2.24, 2.45) is 11.3 Å². The van der Waals surface area contributed by atoms with Crippen LogP contribution < -0.4 is 5.32 Å². The summed E-state index contributed by atoms with van der Waals surface area (Å²) in [7, 11) is 0. The van der Waals surface area contributed by atoms with E-state index in [1.807, 2.05) is 10.8 Å². The second-order valence-electron chi connectivity index (χ2n) is 5.96. The van der Waals surface area contributed by atoms with Crippen LogP contribution in [0.4, 0.5) is 4.79 Å². The SMILES string of the molecule is O=C(NCCn1ccnc1)N1C[C@@H]2CCC[C@@]2(C(=O)O)C1. The van der Waals surface area contributed by atoms with Crippen LogP contribution in [0, 0.1) is 11.3 Å². The van der Waals surface area contributed by atoms with E-state index in [0.717, 1.165) is 12.8 Å². The highest BCUT2D eigenvalue weighted by molar-refractivity contribution is 5.80. The summed E-state index contributed by atoms with van der Waals surface area (Å²) < 4.78 is 1.89. The Hall–Kier alpha value is -2.05. The van der Waals surface area contributed by atoms with E-state index < -0.39 is 11.4 Å². The monoisotopic (exact) mass is 292 g/mol. The zero-order valence-electron chi connectivity index (χ0n) is 11.9. The van der Waals surface area contributed by atoms with Crippen LogP contribution in [0.1, 0.15) is 19.3 Å². The highest BCUT2D eigenvalue weighted by Crippen LogP contribution is 2.48. The Morgan fingerprint density at radius 1 is 1.48 bits per heavy atom. The summed E-state index contributed by atoms with van der Waals surface area (Å²) >= 11 is 0. The molecule has 0 unspecified atom stereocenters. The molecule has 0 spiro atoms. The maximum Gasteiger partial charge on any atom is 0.317 e. The van der Waals surface area contributed by atoms with Gasteiger partial charge in [0.05, 0.1) is 11.7 Å². The minimum atomic E-state index is -0.751. The van der Waals surface area contributed by atoms with E-state index >= 15 is 0 Å². The molecule has 114 valence electrons. The molecule has 2 heterocycles. The number of hydrogen-bond acceptors (Lipinski definition) is 3. The molecule has 3 rings (SSSR count). The van der Waals surface area contributed by atoms with Gasteiger partial charge in [0.15, 0.2) is 0 Å². The van der Waals surface area contributed by atoms with Crippen LogP contribution in [0.25, 0.3) is 0 Å². The second kappa shape index (κ2) is 5.38. The fraction of sp³-hybridized carbons (Fsp3) is 0.643. The lowest BCUT2D eigenvalue weighted by Crippen LogP contribution is -2.42. The smallest absolute Gasteiger partial charge is 0.317 e. The maximum absolute atomic E-state index is 12.2. The first-order valence-corrected chi connectivity index (χ1v) is 7.34. The first-order valence-electron chi connectivity index (χ1n) is 7.34. The fourth-order valence-corrected chi connectivity index (χ4v) is 3.62. The average Bonchev–Trinajstić information content (AvgIpc) is 3.13. The van der Waals surface area contributed by atoms with Gasteiger partial charge in [-0.2, -0.15) is 0 Å². The van der Waals surface area contributed by atoms with Crippen LogP contribution in [0.2, 0.25) is 0 Å². The molecule has 7 heteroatoms. The van der Waals surface area contributed by atoms with E-state index in [1.54, 1.807) is 17.4 Å². The van der Waals surface area contributed by atoms with E-state index in [0.29, 0.717) is 32.6 Å². The highest BCUT2D eigenvalue weighted by atomic mass is 16.4. The van der Waals surface area contributed by atoms with Crippen molar-refractivity contribution in [3.63, 3.8) is 0 Å². The van der Waals surface area contributed by atoms with E-state index in [9.17, 15) is 14.7 Å². The average molecular weight is 292 g/mol. The number of carboxylic acid groups (broad SMARTS) is 1. The standard InChI is InChI=1S/C14H20N4O3/c19-12(20)14-3-1-2-11(14)8-18(9-14)13(21)16-5-7-17-6-4-15-10-17/h4,6,10-11H,1-3,5,7-9H2,(H,16,21)(H,19,20)/t11-,14+/m0/s1. The molecule has 1 aromatic rings. The molecule has 2 atom stereocenters. The quantitative estimate of drug-likeness (QED) is 0.858. The number of nitrogens with one attached hydrogen (secondary N) is 1. The normalized spacial score (nSPS) is 27.6. The number of urea groups is 1. The predicted octanol–water partition coefficient (Wildman–Crippen LogP) is 0.779. The predicted molar refractivity (Wildman–Crippen MR) is 74.6 cm³/mol. The van der Waals surface area contributed by atoms with Crippen molar-refractivity contribution in [2.75, 3.05) is 19.6 Å². The Balaban J connectivity index is 1.53. The van der Waals surface area contributed by atoms with Crippen molar-refractivity contribution in [1.82, 2.24) is 19.8 Å². The number of hydrogen-bond donors (Lipinski definition) is 2. The molecule has 2 N–H and O–H groups in total. The Morgan fingerprint density at radius 2 is 2.33 bits per heavy atom. The van der Waals surface area contributed by atoms with Crippen LogP contribution in [-0.2, 0) is 11.3 Å². The molecule has 2 fully saturated rings. The van der Waals surface area contributed by atoms with Crippen molar-refractivity contribution in [1.29, 1.82) is 0 Å². The van der Waals surface area contributed by atoms with Crippen molar-refractivity contribution in [3.8, 4) is 0 Å². The molecule has 1 saturated carbocycles. The molecule has 2 amide bonds. The van der Waals surface area contributed by atoms with Crippen molar-refractivity contribution < 1.29 is 14.7 Å². The van der Waals surface area contributed by atoms with Crippen LogP contribution in [0.15, 0.2) is 18.7 Å². The van der Waals surface area contributed by atoms with Gasteiger partial charge in [0.25, 0.3) is 0 Å². The van der Waals surface area contributed by atoms with Gasteiger partial charge in [-0.05, 0) is 18.8 Å². The molecule has 1 saturated heterocycles. The second-order valence-corrected chi connectivity index (χ2v) is 5.96. The summed E-state index contributed by atoms with van der Waals surface area (Å²) in [6, 6.07) is -0.162. The van der Waals surface area contributed by atoms with Gasteiger partial charge in [-0.15, -0.1) is 0 Å². The van der Waals surface area contributed by atoms with Crippen molar-refractivity contribution >= 4 is 12.0 Å². The first kappa shape index (κ1) is 13.9. The minimum Gasteiger partial charge on any atom is -0.481 e. The molecular weight excluding hydrogens is 272 g/mol. The molecule has 0 bridgehead atoms. The maximum atomic E-state index is 12.2. The van der Waals surface area contributed by atoms with Gasteiger partial charge in [-0.1, -0.05) is 6.42 Å². The third-order valence-electron chi connectivity index (χ3n) is 4.79. The fourth-order valence-electron chi connectivity index (χ4n) is 3.62. The largest absolute Gasteiger partial charge is 0.481 e. The van der Waals surface area contributed by atoms with Crippen LogP contribution in [0.3, 0.4) is 0 Å². The Kier molecular flexibility index (Phi) is 3.57. The molecule has 1 aliphatic heterocycles. The lowest BCUT2D eigenvalue weighted by Gasteiger charge is -2.23. The molecule has 1 aromatic heterocycles. The van der Waals surface area contributed by atoms with Crippen LogP contribution in [0.5, 0.6) is 0 Å². The van der Waals surface area contributed by atoms with Gasteiger partial charge in [-0.3, -0.25) is 4.79 Å². The molecular formula is C14H20N4O3. The van der Waals surface area contributed by atoms with Gasteiger partial charge < -0.3 is 19.9 Å². The van der Waals surface area contributed by atoms with Gasteiger partial charge in [0, 0.05) is 38.6 Å².